The zero-order valence-corrected chi connectivity index (χ0v) is 18.5. The van der Waals surface area contributed by atoms with Gasteiger partial charge in [-0.15, -0.1) is 0 Å². The number of anilines is 1. The van der Waals surface area contributed by atoms with Crippen LogP contribution in [0.2, 0.25) is 0 Å². The van der Waals surface area contributed by atoms with Crippen molar-refractivity contribution in [2.24, 2.45) is 0 Å². The van der Waals surface area contributed by atoms with Gasteiger partial charge in [-0.25, -0.2) is 23.4 Å². The van der Waals surface area contributed by atoms with Crippen molar-refractivity contribution in [1.29, 1.82) is 0 Å². The van der Waals surface area contributed by atoms with Gasteiger partial charge in [0.15, 0.2) is 23.2 Å². The molecule has 0 amide bonds. The number of ether oxygens (including phenoxy) is 1. The van der Waals surface area contributed by atoms with Crippen molar-refractivity contribution in [3.63, 3.8) is 0 Å². The average molecular weight is 437 g/mol. The van der Waals surface area contributed by atoms with Gasteiger partial charge in [-0.3, -0.25) is 8.75 Å². The van der Waals surface area contributed by atoms with E-state index in [4.69, 9.17) is 4.74 Å². The molecule has 0 aromatic carbocycles. The predicted octanol–water partition coefficient (Wildman–Crippen LogP) is -3.72. The van der Waals surface area contributed by atoms with E-state index in [1.807, 2.05) is 0 Å². The van der Waals surface area contributed by atoms with Crippen molar-refractivity contribution in [1.82, 2.24) is 19.5 Å². The van der Waals surface area contributed by atoms with Crippen LogP contribution in [0.15, 0.2) is 12.7 Å². The van der Waals surface area contributed by atoms with Crippen LogP contribution in [0.5, 0.6) is 0 Å². The summed E-state index contributed by atoms with van der Waals surface area (Å²) in [6.07, 6.45) is 2.01. The summed E-state index contributed by atoms with van der Waals surface area (Å²) in [6.45, 7) is -0.712. The van der Waals surface area contributed by atoms with Crippen LogP contribution in [0, 0.1) is 0 Å². The summed E-state index contributed by atoms with van der Waals surface area (Å²) in [7, 11) is -4.95. The van der Waals surface area contributed by atoms with Crippen molar-refractivity contribution < 1.29 is 61.7 Å². The van der Waals surface area contributed by atoms with Crippen molar-refractivity contribution in [3.05, 3.63) is 12.7 Å². The molecule has 3 N–H and O–H groups in total. The van der Waals surface area contributed by atoms with Crippen LogP contribution in [-0.2, 0) is 19.3 Å². The van der Waals surface area contributed by atoms with Gasteiger partial charge in [0, 0.05) is 6.04 Å². The number of hydrogen-bond donors (Lipinski definition) is 3. The molecule has 14 heteroatoms. The van der Waals surface area contributed by atoms with Crippen LogP contribution in [0.1, 0.15) is 31.9 Å². The van der Waals surface area contributed by atoms with E-state index < -0.39 is 41.5 Å². The van der Waals surface area contributed by atoms with Gasteiger partial charge in [0.05, 0.1) is 12.9 Å². The summed E-state index contributed by atoms with van der Waals surface area (Å²) in [4.78, 5) is 12.7. The fourth-order valence-electron chi connectivity index (χ4n) is 3.65. The van der Waals surface area contributed by atoms with Crippen LogP contribution in [-0.4, -0.2) is 73.7 Å². The molecule has 0 bridgehead atoms. The molecule has 1 saturated carbocycles. The first-order valence-corrected chi connectivity index (χ1v) is 10.2. The van der Waals surface area contributed by atoms with Gasteiger partial charge in [0.1, 0.15) is 24.6 Å². The Kier molecular flexibility index (Phi) is 7.13. The summed E-state index contributed by atoms with van der Waals surface area (Å²) < 4.78 is 43.0. The largest absolute Gasteiger partial charge is 1.00 e. The topological polar surface area (TPSA) is 172 Å². The zero-order chi connectivity index (χ0) is 19.9. The normalized spacial score (nSPS) is 28.0. The Hall–Kier alpha value is -0.900. The molecule has 29 heavy (non-hydrogen) atoms. The van der Waals surface area contributed by atoms with E-state index >= 15 is 0 Å². The van der Waals surface area contributed by atoms with Crippen LogP contribution in [0.3, 0.4) is 0 Å². The number of aromatic nitrogens is 4. The number of hydrogen-bond acceptors (Lipinski definition) is 11. The SMILES string of the molecule is O=S(=O)([O-])OC[C@H]1O[C@@H](n2cnc3c(NC4CCCC4)ncnc32)[C@H](O)[C@@H]1O.[Na+]. The molecule has 0 unspecified atom stereocenters. The molecule has 154 valence electrons. The van der Waals surface area contributed by atoms with Crippen molar-refractivity contribution in [2.75, 3.05) is 11.9 Å². The molecule has 2 fully saturated rings. The van der Waals surface area contributed by atoms with E-state index in [9.17, 15) is 23.2 Å². The Morgan fingerprint density at radius 3 is 2.66 bits per heavy atom. The second-order valence-corrected chi connectivity index (χ2v) is 7.96. The van der Waals surface area contributed by atoms with Crippen LogP contribution in [0.4, 0.5) is 5.82 Å². The third-order valence-corrected chi connectivity index (χ3v) is 5.47. The number of rotatable bonds is 6. The van der Waals surface area contributed by atoms with Gasteiger partial charge in [-0.2, -0.15) is 0 Å². The summed E-state index contributed by atoms with van der Waals surface area (Å²) in [5, 5.41) is 23.8. The Balaban J connectivity index is 0.00000240. The monoisotopic (exact) mass is 437 g/mol. The maximum atomic E-state index is 10.6. The molecule has 2 aliphatic rings. The average Bonchev–Trinajstić information content (AvgIpc) is 3.35. The van der Waals surface area contributed by atoms with Gasteiger partial charge in [0.2, 0.25) is 10.4 Å². The number of imidazole rings is 1. The molecule has 12 nitrogen and oxygen atoms in total. The fourth-order valence-corrected chi connectivity index (χ4v) is 3.96. The Morgan fingerprint density at radius 2 is 1.97 bits per heavy atom. The van der Waals surface area contributed by atoms with Gasteiger partial charge < -0.3 is 24.8 Å². The number of fused-ring (bicyclic) bond motifs is 1. The standard InChI is InChI=1S/C15H21N5O7S.Na/c21-11-9(5-26-28(23,24)25)27-15(12(11)22)20-7-18-10-13(16-6-17-14(10)20)19-8-3-1-2-4-8;/h6-9,11-12,15,21-22H,1-5H2,(H,16,17,19)(H,23,24,25);/q;+1/p-1/t9-,11-,12-,15-;/m1./s1. The van der Waals surface area contributed by atoms with E-state index in [2.05, 4.69) is 24.5 Å². The Morgan fingerprint density at radius 1 is 1.24 bits per heavy atom. The quantitative estimate of drug-likeness (QED) is 0.230. The second-order valence-electron chi connectivity index (χ2n) is 6.91. The molecule has 4 rings (SSSR count). The van der Waals surface area contributed by atoms with E-state index in [1.165, 1.54) is 17.2 Å². The van der Waals surface area contributed by atoms with Crippen LogP contribution < -0.4 is 34.9 Å². The Labute approximate surface area is 188 Å². The van der Waals surface area contributed by atoms with Crippen molar-refractivity contribution in [3.8, 4) is 0 Å². The minimum atomic E-state index is -4.95. The molecular formula is C15H20N5NaO7S. The predicted molar refractivity (Wildman–Crippen MR) is 92.8 cm³/mol. The van der Waals surface area contributed by atoms with Gasteiger partial charge in [-0.05, 0) is 12.8 Å². The summed E-state index contributed by atoms with van der Waals surface area (Å²) in [5.41, 5.74) is 0.867. The molecule has 0 spiro atoms. The molecule has 4 atom stereocenters. The minimum Gasteiger partial charge on any atom is -0.726 e. The first-order chi connectivity index (χ1) is 13.3. The molecule has 3 heterocycles. The number of aliphatic hydroxyl groups is 2. The summed E-state index contributed by atoms with van der Waals surface area (Å²) >= 11 is 0. The zero-order valence-electron chi connectivity index (χ0n) is 15.7. The molecule has 2 aromatic heterocycles. The van der Waals surface area contributed by atoms with Gasteiger partial charge >= 0.3 is 29.6 Å². The molecule has 1 aliphatic carbocycles. The first-order valence-electron chi connectivity index (χ1n) is 8.89. The summed E-state index contributed by atoms with van der Waals surface area (Å²) in [6, 6.07) is 0.314. The summed E-state index contributed by atoms with van der Waals surface area (Å²) in [5.74, 6) is 0.570. The van der Waals surface area contributed by atoms with E-state index in [0.29, 0.717) is 23.0 Å². The molecule has 1 aliphatic heterocycles. The minimum absolute atomic E-state index is 0. The second kappa shape index (κ2) is 9.08. The fraction of sp³-hybridized carbons (Fsp3) is 0.667. The van der Waals surface area contributed by atoms with Gasteiger partial charge in [0.25, 0.3) is 0 Å². The van der Waals surface area contributed by atoms with Crippen molar-refractivity contribution >= 4 is 27.4 Å². The van der Waals surface area contributed by atoms with Crippen LogP contribution in [0.25, 0.3) is 11.2 Å². The van der Waals surface area contributed by atoms with E-state index in [0.717, 1.165) is 25.7 Å². The Bertz CT molecular complexity index is 952. The first kappa shape index (κ1) is 22.8. The number of nitrogens with one attached hydrogen (secondary N) is 1. The van der Waals surface area contributed by atoms with E-state index in [-0.39, 0.29) is 29.6 Å². The van der Waals surface area contributed by atoms with Crippen LogP contribution >= 0.6 is 0 Å². The maximum Gasteiger partial charge on any atom is 1.00 e. The molecule has 1 saturated heterocycles. The third kappa shape index (κ3) is 4.89. The molecular weight excluding hydrogens is 417 g/mol. The smallest absolute Gasteiger partial charge is 0.726 e. The number of nitrogens with zero attached hydrogens (tertiary/aromatic N) is 4. The van der Waals surface area contributed by atoms with Crippen molar-refractivity contribution in [2.45, 2.75) is 56.3 Å². The third-order valence-electron chi connectivity index (χ3n) is 5.04. The molecule has 0 radical (unpaired) electrons. The molecule has 2 aromatic rings. The van der Waals surface area contributed by atoms with E-state index in [1.54, 1.807) is 0 Å². The maximum absolute atomic E-state index is 10.6. The number of aliphatic hydroxyl groups excluding tert-OH is 2. The van der Waals surface area contributed by atoms with Gasteiger partial charge in [-0.1, -0.05) is 12.8 Å².